The Morgan fingerprint density at radius 3 is 2.48 bits per heavy atom. The van der Waals surface area contributed by atoms with Crippen molar-refractivity contribution in [3.05, 3.63) is 34.3 Å². The van der Waals surface area contributed by atoms with Gasteiger partial charge in [-0.1, -0.05) is 28.1 Å². The van der Waals surface area contributed by atoms with Crippen LogP contribution in [0.1, 0.15) is 46.6 Å². The zero-order valence-corrected chi connectivity index (χ0v) is 17.8. The van der Waals surface area contributed by atoms with E-state index in [-0.39, 0.29) is 6.04 Å². The van der Waals surface area contributed by atoms with E-state index in [1.807, 2.05) is 46.8 Å². The van der Waals surface area contributed by atoms with Crippen LogP contribution >= 0.6 is 15.9 Å². The second kappa shape index (κ2) is 9.01. The molecule has 0 aliphatic heterocycles. The Balaban J connectivity index is 2.67. The molecule has 25 heavy (non-hydrogen) atoms. The summed E-state index contributed by atoms with van der Waals surface area (Å²) in [6.45, 7) is 10.9. The first kappa shape index (κ1) is 21.9. The second-order valence-corrected chi connectivity index (χ2v) is 9.07. The average Bonchev–Trinajstić information content (AvgIpc) is 2.41. The van der Waals surface area contributed by atoms with Crippen molar-refractivity contribution in [3.8, 4) is 0 Å². The maximum Gasteiger partial charge on any atom is 0.408 e. The number of nitrogens with zero attached hydrogens (tertiary/aromatic N) is 1. The molecule has 0 saturated carbocycles. The molecule has 0 fully saturated rings. The number of hydrogen-bond acceptors (Lipinski definition) is 4. The van der Waals surface area contributed by atoms with Crippen molar-refractivity contribution in [2.45, 2.75) is 64.8 Å². The molecule has 1 aromatic carbocycles. The van der Waals surface area contributed by atoms with Gasteiger partial charge in [-0.15, -0.1) is 0 Å². The molecule has 0 spiro atoms. The summed E-state index contributed by atoms with van der Waals surface area (Å²) in [7, 11) is 2.06. The largest absolute Gasteiger partial charge is 0.444 e. The number of halogens is 1. The number of carbonyl (C=O) groups excluding carboxylic acids is 1. The fourth-order valence-electron chi connectivity index (χ4n) is 2.69. The highest BCUT2D eigenvalue weighted by Gasteiger charge is 2.28. The Morgan fingerprint density at radius 2 is 1.96 bits per heavy atom. The van der Waals surface area contributed by atoms with Gasteiger partial charge in [-0.05, 0) is 65.8 Å². The minimum Gasteiger partial charge on any atom is -0.444 e. The molecule has 0 aromatic heterocycles. The summed E-state index contributed by atoms with van der Waals surface area (Å²) in [5.74, 6) is 0. The molecule has 6 heteroatoms. The lowest BCUT2D eigenvalue weighted by Gasteiger charge is -2.35. The Hall–Kier alpha value is -1.11. The third kappa shape index (κ3) is 8.70. The maximum atomic E-state index is 12.1. The lowest BCUT2D eigenvalue weighted by Crippen LogP contribution is -2.51. The third-order valence-electron chi connectivity index (χ3n) is 3.80. The topological polar surface area (TPSA) is 67.6 Å². The number of alkyl carbamates (subject to hydrolysis) is 1. The average molecular weight is 414 g/mol. The summed E-state index contributed by atoms with van der Waals surface area (Å²) in [5.41, 5.74) is 6.29. The van der Waals surface area contributed by atoms with E-state index < -0.39 is 17.2 Å². The molecule has 0 saturated heterocycles. The van der Waals surface area contributed by atoms with Gasteiger partial charge in [0.05, 0.1) is 0 Å². The normalized spacial score (nSPS) is 13.6. The molecule has 0 aliphatic carbocycles. The van der Waals surface area contributed by atoms with Crippen molar-refractivity contribution in [2.24, 2.45) is 5.73 Å². The molecule has 1 aromatic rings. The number of nitrogens with two attached hydrogens (primary N) is 1. The van der Waals surface area contributed by atoms with Crippen LogP contribution in [0.25, 0.3) is 0 Å². The number of rotatable bonds is 7. The van der Waals surface area contributed by atoms with E-state index in [0.29, 0.717) is 6.54 Å². The first-order valence-corrected chi connectivity index (χ1v) is 9.37. The summed E-state index contributed by atoms with van der Waals surface area (Å²) in [4.78, 5) is 14.3. The van der Waals surface area contributed by atoms with E-state index in [1.165, 1.54) is 5.56 Å². The molecule has 0 radical (unpaired) electrons. The van der Waals surface area contributed by atoms with E-state index in [1.54, 1.807) is 0 Å². The predicted octanol–water partition coefficient (Wildman–Crippen LogP) is 3.90. The second-order valence-electron chi connectivity index (χ2n) is 8.15. The van der Waals surface area contributed by atoms with Crippen LogP contribution in [0, 0.1) is 0 Å². The lowest BCUT2D eigenvalue weighted by molar-refractivity contribution is 0.0450. The number of nitrogens with one attached hydrogen (secondary N) is 1. The summed E-state index contributed by atoms with van der Waals surface area (Å²) in [6.07, 6.45) is 0.329. The number of amides is 1. The zero-order valence-electron chi connectivity index (χ0n) is 16.2. The fraction of sp³-hybridized carbons (Fsp3) is 0.632. The molecule has 0 heterocycles. The Labute approximate surface area is 160 Å². The lowest BCUT2D eigenvalue weighted by atomic mass is 9.94. The van der Waals surface area contributed by atoms with Gasteiger partial charge in [-0.2, -0.15) is 0 Å². The van der Waals surface area contributed by atoms with Crippen LogP contribution in [0.2, 0.25) is 0 Å². The fourth-order valence-corrected chi connectivity index (χ4v) is 3.14. The van der Waals surface area contributed by atoms with Gasteiger partial charge in [0, 0.05) is 29.1 Å². The molecule has 0 bridgehead atoms. The molecule has 1 amide bonds. The van der Waals surface area contributed by atoms with Gasteiger partial charge in [0.15, 0.2) is 0 Å². The van der Waals surface area contributed by atoms with Crippen LogP contribution in [0.5, 0.6) is 0 Å². The molecule has 1 rings (SSSR count). The van der Waals surface area contributed by atoms with Crippen LogP contribution in [0.3, 0.4) is 0 Å². The number of carbonyl (C=O) groups is 1. The van der Waals surface area contributed by atoms with E-state index >= 15 is 0 Å². The quantitative estimate of drug-likeness (QED) is 0.710. The van der Waals surface area contributed by atoms with Gasteiger partial charge in [-0.25, -0.2) is 4.79 Å². The highest BCUT2D eigenvalue weighted by molar-refractivity contribution is 9.10. The third-order valence-corrected chi connectivity index (χ3v) is 4.29. The van der Waals surface area contributed by atoms with Crippen LogP contribution < -0.4 is 11.1 Å². The maximum absolute atomic E-state index is 12.1. The van der Waals surface area contributed by atoms with Crippen molar-refractivity contribution in [1.82, 2.24) is 10.2 Å². The molecule has 5 nitrogen and oxygen atoms in total. The summed E-state index contributed by atoms with van der Waals surface area (Å²) >= 11 is 3.50. The van der Waals surface area contributed by atoms with Crippen LogP contribution in [0.4, 0.5) is 4.79 Å². The molecule has 1 atom stereocenters. The first-order valence-electron chi connectivity index (χ1n) is 8.58. The summed E-state index contributed by atoms with van der Waals surface area (Å²) in [6, 6.07) is 8.38. The Morgan fingerprint density at radius 1 is 1.32 bits per heavy atom. The molecule has 1 unspecified atom stereocenters. The van der Waals surface area contributed by atoms with Gasteiger partial charge < -0.3 is 15.8 Å². The van der Waals surface area contributed by atoms with E-state index in [4.69, 9.17) is 10.5 Å². The van der Waals surface area contributed by atoms with Crippen molar-refractivity contribution in [2.75, 3.05) is 13.6 Å². The number of hydrogen-bond donors (Lipinski definition) is 2. The van der Waals surface area contributed by atoms with E-state index in [9.17, 15) is 4.79 Å². The van der Waals surface area contributed by atoms with Crippen LogP contribution in [-0.2, 0) is 11.3 Å². The van der Waals surface area contributed by atoms with Gasteiger partial charge in [0.1, 0.15) is 5.60 Å². The van der Waals surface area contributed by atoms with Crippen molar-refractivity contribution in [3.63, 3.8) is 0 Å². The Kier molecular flexibility index (Phi) is 7.90. The molecule has 142 valence electrons. The molecular formula is C19H32BrN3O2. The summed E-state index contributed by atoms with van der Waals surface area (Å²) in [5, 5.41) is 2.95. The Bertz CT molecular complexity index is 570. The van der Waals surface area contributed by atoms with E-state index in [2.05, 4.69) is 45.3 Å². The first-order chi connectivity index (χ1) is 11.4. The van der Waals surface area contributed by atoms with Gasteiger partial charge in [0.25, 0.3) is 0 Å². The van der Waals surface area contributed by atoms with Crippen LogP contribution in [0.15, 0.2) is 28.7 Å². The van der Waals surface area contributed by atoms with Crippen molar-refractivity contribution >= 4 is 22.0 Å². The highest BCUT2D eigenvalue weighted by atomic mass is 79.9. The van der Waals surface area contributed by atoms with Gasteiger partial charge in [0.2, 0.25) is 0 Å². The SMILES string of the molecule is CN(Cc1cccc(Br)c1)C(CN)CC(C)(C)NC(=O)OC(C)(C)C. The molecule has 3 N–H and O–H groups in total. The number of ether oxygens (including phenoxy) is 1. The molecular weight excluding hydrogens is 382 g/mol. The highest BCUT2D eigenvalue weighted by Crippen LogP contribution is 2.19. The number of benzene rings is 1. The molecule has 0 aliphatic rings. The minimum atomic E-state index is -0.509. The van der Waals surface area contributed by atoms with Crippen molar-refractivity contribution < 1.29 is 9.53 Å². The summed E-state index contributed by atoms with van der Waals surface area (Å²) < 4.78 is 6.42. The van der Waals surface area contributed by atoms with Gasteiger partial charge >= 0.3 is 6.09 Å². The number of likely N-dealkylation sites (N-methyl/N-ethyl adjacent to an activating group) is 1. The minimum absolute atomic E-state index is 0.143. The zero-order chi connectivity index (χ0) is 19.3. The standard InChI is InChI=1S/C19H32BrN3O2/c1-18(2,3)25-17(24)22-19(4,5)11-16(12-21)23(6)13-14-8-7-9-15(20)10-14/h7-10,16H,11-13,21H2,1-6H3,(H,22,24). The van der Waals surface area contributed by atoms with Crippen molar-refractivity contribution in [1.29, 1.82) is 0 Å². The van der Waals surface area contributed by atoms with Gasteiger partial charge in [-0.3, -0.25) is 4.90 Å². The monoisotopic (exact) mass is 413 g/mol. The van der Waals surface area contributed by atoms with E-state index in [0.717, 1.165) is 17.4 Å². The predicted molar refractivity (Wildman–Crippen MR) is 107 cm³/mol. The smallest absolute Gasteiger partial charge is 0.408 e. The van der Waals surface area contributed by atoms with Crippen LogP contribution in [-0.4, -0.2) is 41.8 Å².